The highest BCUT2D eigenvalue weighted by Crippen LogP contribution is 2.17. The first kappa shape index (κ1) is 16.5. The van der Waals surface area contributed by atoms with Gasteiger partial charge in [0.05, 0.1) is 11.8 Å². The molecule has 0 aliphatic carbocycles. The van der Waals surface area contributed by atoms with Gasteiger partial charge in [-0.25, -0.2) is 0 Å². The predicted molar refractivity (Wildman–Crippen MR) is 81.6 cm³/mol. The summed E-state index contributed by atoms with van der Waals surface area (Å²) in [6.45, 7) is 7.20. The topological polar surface area (TPSA) is 71.8 Å². The zero-order chi connectivity index (χ0) is 16.1. The molecule has 6 nitrogen and oxygen atoms in total. The number of likely N-dealkylation sites (tertiary alicyclic amines) is 1. The third-order valence-electron chi connectivity index (χ3n) is 4.00. The Morgan fingerprint density at radius 1 is 1.45 bits per heavy atom. The number of carbonyl (C=O) groups excluding carboxylic acids is 2. The number of ether oxygens (including phenoxy) is 1. The van der Waals surface area contributed by atoms with Gasteiger partial charge in [-0.3, -0.25) is 9.59 Å². The third-order valence-corrected chi connectivity index (χ3v) is 4.00. The van der Waals surface area contributed by atoms with E-state index in [1.165, 1.54) is 6.26 Å². The lowest BCUT2D eigenvalue weighted by Gasteiger charge is -2.32. The smallest absolute Gasteiger partial charge is 0.257 e. The van der Waals surface area contributed by atoms with Crippen LogP contribution in [-0.4, -0.2) is 48.6 Å². The highest BCUT2D eigenvalue weighted by Gasteiger charge is 2.27. The molecule has 0 aromatic carbocycles. The van der Waals surface area contributed by atoms with E-state index in [0.717, 1.165) is 12.8 Å². The number of nitrogens with one attached hydrogen (secondary N) is 1. The molecule has 1 aromatic rings. The van der Waals surface area contributed by atoms with Crippen LogP contribution in [0.5, 0.6) is 0 Å². The molecule has 2 amide bonds. The van der Waals surface area contributed by atoms with Crippen molar-refractivity contribution in [1.29, 1.82) is 0 Å². The van der Waals surface area contributed by atoms with Gasteiger partial charge < -0.3 is 19.4 Å². The Hall–Kier alpha value is -1.82. The summed E-state index contributed by atoms with van der Waals surface area (Å²) >= 11 is 0. The number of rotatable bonds is 5. The minimum Gasteiger partial charge on any atom is -0.469 e. The Labute approximate surface area is 130 Å². The van der Waals surface area contributed by atoms with Gasteiger partial charge in [0.1, 0.15) is 11.9 Å². The van der Waals surface area contributed by atoms with Crippen molar-refractivity contribution in [3.05, 3.63) is 23.7 Å². The second-order valence-electron chi connectivity index (χ2n) is 5.56. The number of amides is 2. The van der Waals surface area contributed by atoms with Crippen molar-refractivity contribution in [2.24, 2.45) is 0 Å². The van der Waals surface area contributed by atoms with Gasteiger partial charge in [0.15, 0.2) is 0 Å². The quantitative estimate of drug-likeness (QED) is 0.899. The monoisotopic (exact) mass is 308 g/mol. The van der Waals surface area contributed by atoms with Crippen molar-refractivity contribution in [1.82, 2.24) is 10.2 Å². The van der Waals surface area contributed by atoms with Gasteiger partial charge in [-0.15, -0.1) is 0 Å². The number of hydrogen-bond acceptors (Lipinski definition) is 4. The number of aryl methyl sites for hydroxylation is 1. The van der Waals surface area contributed by atoms with Crippen molar-refractivity contribution >= 4 is 11.8 Å². The van der Waals surface area contributed by atoms with Gasteiger partial charge in [-0.2, -0.15) is 0 Å². The van der Waals surface area contributed by atoms with E-state index in [-0.39, 0.29) is 17.9 Å². The van der Waals surface area contributed by atoms with Gasteiger partial charge in [0.25, 0.3) is 5.91 Å². The standard InChI is InChI=1S/C16H24N2O4/c1-4-21-12(3)15(19)17-13-5-8-18(9-6-13)16(20)14-7-10-22-11(14)2/h7,10,12-13H,4-6,8-9H2,1-3H3,(H,17,19)/t12-/m1/s1. The first-order valence-corrected chi connectivity index (χ1v) is 7.78. The van der Waals surface area contributed by atoms with Crippen LogP contribution in [0.4, 0.5) is 0 Å². The number of piperidine rings is 1. The molecule has 6 heteroatoms. The molecule has 1 atom stereocenters. The van der Waals surface area contributed by atoms with E-state index in [1.807, 2.05) is 11.8 Å². The molecule has 22 heavy (non-hydrogen) atoms. The Morgan fingerprint density at radius 2 is 2.14 bits per heavy atom. The second-order valence-corrected chi connectivity index (χ2v) is 5.56. The molecule has 0 radical (unpaired) electrons. The van der Waals surface area contributed by atoms with Crippen LogP contribution in [-0.2, 0) is 9.53 Å². The van der Waals surface area contributed by atoms with Crippen LogP contribution in [0.15, 0.2) is 16.7 Å². The van der Waals surface area contributed by atoms with E-state index in [0.29, 0.717) is 31.0 Å². The maximum atomic E-state index is 12.4. The third kappa shape index (κ3) is 3.88. The predicted octanol–water partition coefficient (Wildman–Crippen LogP) is 1.73. The highest BCUT2D eigenvalue weighted by molar-refractivity contribution is 5.95. The van der Waals surface area contributed by atoms with E-state index in [2.05, 4.69) is 5.32 Å². The summed E-state index contributed by atoms with van der Waals surface area (Å²) in [6.07, 6.45) is 2.61. The molecule has 1 saturated heterocycles. The van der Waals surface area contributed by atoms with Gasteiger partial charge >= 0.3 is 0 Å². The molecule has 2 rings (SSSR count). The molecule has 1 aliphatic rings. The van der Waals surface area contributed by atoms with Crippen LogP contribution in [0.1, 0.15) is 42.8 Å². The fourth-order valence-corrected chi connectivity index (χ4v) is 2.65. The number of furan rings is 1. The SMILES string of the molecule is CCO[C@H](C)C(=O)NC1CCN(C(=O)c2ccoc2C)CC1. The lowest BCUT2D eigenvalue weighted by Crippen LogP contribution is -2.48. The van der Waals surface area contributed by atoms with Crippen molar-refractivity contribution in [3.8, 4) is 0 Å². The first-order valence-electron chi connectivity index (χ1n) is 7.78. The van der Waals surface area contributed by atoms with Crippen LogP contribution in [0.3, 0.4) is 0 Å². The largest absolute Gasteiger partial charge is 0.469 e. The zero-order valence-corrected chi connectivity index (χ0v) is 13.4. The molecule has 1 fully saturated rings. The summed E-state index contributed by atoms with van der Waals surface area (Å²) < 4.78 is 10.5. The summed E-state index contributed by atoms with van der Waals surface area (Å²) in [7, 11) is 0. The van der Waals surface area contributed by atoms with E-state index >= 15 is 0 Å². The normalized spacial score (nSPS) is 17.3. The highest BCUT2D eigenvalue weighted by atomic mass is 16.5. The van der Waals surface area contributed by atoms with Crippen molar-refractivity contribution in [2.75, 3.05) is 19.7 Å². The minimum atomic E-state index is -0.432. The van der Waals surface area contributed by atoms with E-state index in [1.54, 1.807) is 19.9 Å². The summed E-state index contributed by atoms with van der Waals surface area (Å²) in [5, 5.41) is 2.99. The van der Waals surface area contributed by atoms with Crippen LogP contribution in [0.2, 0.25) is 0 Å². The molecular weight excluding hydrogens is 284 g/mol. The molecule has 0 bridgehead atoms. The Bertz CT molecular complexity index is 518. The van der Waals surface area contributed by atoms with Crippen LogP contribution < -0.4 is 5.32 Å². The van der Waals surface area contributed by atoms with Gasteiger partial charge in [0.2, 0.25) is 5.91 Å². The summed E-state index contributed by atoms with van der Waals surface area (Å²) in [5.74, 6) is 0.557. The number of nitrogens with zero attached hydrogens (tertiary/aromatic N) is 1. The molecule has 0 unspecified atom stereocenters. The summed E-state index contributed by atoms with van der Waals surface area (Å²) in [6, 6.07) is 1.81. The molecule has 0 spiro atoms. The average molecular weight is 308 g/mol. The number of hydrogen-bond donors (Lipinski definition) is 1. The van der Waals surface area contributed by atoms with E-state index < -0.39 is 6.10 Å². The molecule has 1 N–H and O–H groups in total. The van der Waals surface area contributed by atoms with E-state index in [4.69, 9.17) is 9.15 Å². The summed E-state index contributed by atoms with van der Waals surface area (Å²) in [4.78, 5) is 26.1. The molecule has 0 saturated carbocycles. The lowest BCUT2D eigenvalue weighted by molar-refractivity contribution is -0.132. The van der Waals surface area contributed by atoms with Gasteiger partial charge in [-0.1, -0.05) is 0 Å². The van der Waals surface area contributed by atoms with Crippen LogP contribution in [0.25, 0.3) is 0 Å². The maximum absolute atomic E-state index is 12.4. The van der Waals surface area contributed by atoms with Gasteiger partial charge in [-0.05, 0) is 39.7 Å². The van der Waals surface area contributed by atoms with Crippen LogP contribution >= 0.6 is 0 Å². The average Bonchev–Trinajstić information content (AvgIpc) is 2.93. The minimum absolute atomic E-state index is 0.00119. The fourth-order valence-electron chi connectivity index (χ4n) is 2.65. The Balaban J connectivity index is 1.82. The van der Waals surface area contributed by atoms with Crippen LogP contribution in [0, 0.1) is 6.92 Å². The Kier molecular flexibility index (Phi) is 5.60. The molecule has 1 aromatic heterocycles. The second kappa shape index (κ2) is 7.45. The van der Waals surface area contributed by atoms with Crippen molar-refractivity contribution < 1.29 is 18.7 Å². The Morgan fingerprint density at radius 3 is 2.68 bits per heavy atom. The molecule has 122 valence electrons. The number of carbonyl (C=O) groups is 2. The zero-order valence-electron chi connectivity index (χ0n) is 13.4. The maximum Gasteiger partial charge on any atom is 0.257 e. The van der Waals surface area contributed by atoms with Crippen molar-refractivity contribution in [3.63, 3.8) is 0 Å². The molecule has 2 heterocycles. The molecule has 1 aliphatic heterocycles. The van der Waals surface area contributed by atoms with Crippen molar-refractivity contribution in [2.45, 2.75) is 45.8 Å². The molecular formula is C16H24N2O4. The fraction of sp³-hybridized carbons (Fsp3) is 0.625. The lowest BCUT2D eigenvalue weighted by atomic mass is 10.0. The summed E-state index contributed by atoms with van der Waals surface area (Å²) in [5.41, 5.74) is 0.618. The van der Waals surface area contributed by atoms with Gasteiger partial charge in [0, 0.05) is 25.7 Å². The first-order chi connectivity index (χ1) is 10.5. The van der Waals surface area contributed by atoms with E-state index in [9.17, 15) is 9.59 Å².